The maximum absolute atomic E-state index is 11.8. The fourth-order valence-electron chi connectivity index (χ4n) is 3.65. The molecule has 2 bridgehead atoms. The molecule has 5 heteroatoms. The van der Waals surface area contributed by atoms with Crippen LogP contribution in [0.1, 0.15) is 32.6 Å². The fourth-order valence-corrected chi connectivity index (χ4v) is 4.41. The molecule has 0 aliphatic heterocycles. The summed E-state index contributed by atoms with van der Waals surface area (Å²) in [5, 5.41) is 21.0. The van der Waals surface area contributed by atoms with E-state index in [1.54, 1.807) is 0 Å². The number of nitrogens with one attached hydrogen (secondary N) is 1. The minimum absolute atomic E-state index is 0.0467. The average Bonchev–Trinajstić information content (AvgIpc) is 3.00. The molecule has 0 spiro atoms. The molecule has 2 saturated carbocycles. The Hall–Kier alpha value is -0.260. The predicted octanol–water partition coefficient (Wildman–Crippen LogP) is 1.01. The number of rotatable bonds is 7. The quantitative estimate of drug-likeness (QED) is 0.654. The zero-order valence-corrected chi connectivity index (χ0v) is 12.4. The fraction of sp³-hybridized carbons (Fsp3) is 0.929. The number of fused-ring (bicyclic) bond motifs is 2. The van der Waals surface area contributed by atoms with Crippen LogP contribution < -0.4 is 5.32 Å². The average molecular weight is 287 g/mol. The van der Waals surface area contributed by atoms with Gasteiger partial charge in [-0.2, -0.15) is 0 Å². The molecule has 4 nitrogen and oxygen atoms in total. The van der Waals surface area contributed by atoms with E-state index in [0.29, 0.717) is 17.4 Å². The number of hydrogen-bond acceptors (Lipinski definition) is 4. The molecule has 2 rings (SSSR count). The minimum Gasteiger partial charge on any atom is -0.394 e. The SMILES string of the molecule is CC(NC(=O)CSCC(O)CO)C1CC2CCC1C2. The maximum Gasteiger partial charge on any atom is 0.230 e. The maximum atomic E-state index is 11.8. The zero-order valence-electron chi connectivity index (χ0n) is 11.5. The molecule has 2 aliphatic carbocycles. The lowest BCUT2D eigenvalue weighted by Gasteiger charge is -2.28. The lowest BCUT2D eigenvalue weighted by molar-refractivity contribution is -0.119. The molecule has 1 amide bonds. The van der Waals surface area contributed by atoms with Gasteiger partial charge in [0.15, 0.2) is 0 Å². The van der Waals surface area contributed by atoms with Crippen molar-refractivity contribution in [3.05, 3.63) is 0 Å². The summed E-state index contributed by atoms with van der Waals surface area (Å²) in [5.41, 5.74) is 0. The molecule has 0 saturated heterocycles. The van der Waals surface area contributed by atoms with E-state index < -0.39 is 6.10 Å². The Balaban J connectivity index is 1.65. The van der Waals surface area contributed by atoms with E-state index in [1.807, 2.05) is 0 Å². The van der Waals surface area contributed by atoms with Gasteiger partial charge in [-0.15, -0.1) is 11.8 Å². The van der Waals surface area contributed by atoms with Crippen LogP contribution in [-0.4, -0.2) is 46.4 Å². The number of thioether (sulfide) groups is 1. The van der Waals surface area contributed by atoms with Gasteiger partial charge in [0.2, 0.25) is 5.91 Å². The Morgan fingerprint density at radius 1 is 1.42 bits per heavy atom. The van der Waals surface area contributed by atoms with Crippen molar-refractivity contribution in [3.63, 3.8) is 0 Å². The Morgan fingerprint density at radius 2 is 2.21 bits per heavy atom. The molecular weight excluding hydrogens is 262 g/mol. The smallest absolute Gasteiger partial charge is 0.230 e. The van der Waals surface area contributed by atoms with Gasteiger partial charge in [0.25, 0.3) is 0 Å². The highest BCUT2D eigenvalue weighted by atomic mass is 32.2. The van der Waals surface area contributed by atoms with Gasteiger partial charge in [-0.25, -0.2) is 0 Å². The van der Waals surface area contributed by atoms with Crippen LogP contribution >= 0.6 is 11.8 Å². The first-order valence-electron chi connectivity index (χ1n) is 7.26. The molecule has 3 N–H and O–H groups in total. The molecule has 110 valence electrons. The van der Waals surface area contributed by atoms with Gasteiger partial charge in [-0.1, -0.05) is 6.42 Å². The lowest BCUT2D eigenvalue weighted by atomic mass is 9.84. The largest absolute Gasteiger partial charge is 0.394 e. The number of carbonyl (C=O) groups excluding carboxylic acids is 1. The van der Waals surface area contributed by atoms with E-state index in [2.05, 4.69) is 12.2 Å². The van der Waals surface area contributed by atoms with Crippen LogP contribution in [0, 0.1) is 17.8 Å². The van der Waals surface area contributed by atoms with Gasteiger partial charge in [-0.3, -0.25) is 4.79 Å². The van der Waals surface area contributed by atoms with Crippen LogP contribution in [0.5, 0.6) is 0 Å². The Labute approximate surface area is 119 Å². The van der Waals surface area contributed by atoms with E-state index in [0.717, 1.165) is 11.8 Å². The number of carbonyl (C=O) groups is 1. The second-order valence-electron chi connectivity index (χ2n) is 6.05. The molecule has 0 heterocycles. The van der Waals surface area contributed by atoms with Gasteiger partial charge in [0.05, 0.1) is 18.5 Å². The van der Waals surface area contributed by atoms with Crippen LogP contribution in [0.3, 0.4) is 0 Å². The van der Waals surface area contributed by atoms with Crippen LogP contribution in [0.15, 0.2) is 0 Å². The molecule has 2 aliphatic rings. The molecule has 5 unspecified atom stereocenters. The summed E-state index contributed by atoms with van der Waals surface area (Å²) in [6.07, 6.45) is 4.65. The van der Waals surface area contributed by atoms with E-state index in [4.69, 9.17) is 5.11 Å². The standard InChI is InChI=1S/C14H25NO3S/c1-9(13-5-10-2-3-11(13)4-10)15-14(18)8-19-7-12(17)6-16/h9-13,16-17H,2-8H2,1H3,(H,15,18). The van der Waals surface area contributed by atoms with Crippen molar-refractivity contribution in [1.82, 2.24) is 5.32 Å². The van der Waals surface area contributed by atoms with Crippen LogP contribution in [0.25, 0.3) is 0 Å². The molecule has 0 aromatic heterocycles. The van der Waals surface area contributed by atoms with Crippen molar-refractivity contribution in [3.8, 4) is 0 Å². The van der Waals surface area contributed by atoms with Gasteiger partial charge >= 0.3 is 0 Å². The summed E-state index contributed by atoms with van der Waals surface area (Å²) in [4.78, 5) is 11.8. The predicted molar refractivity (Wildman–Crippen MR) is 77.0 cm³/mol. The number of amides is 1. The normalized spacial score (nSPS) is 32.3. The highest BCUT2D eigenvalue weighted by Gasteiger charge is 2.42. The van der Waals surface area contributed by atoms with Crippen LogP contribution in [-0.2, 0) is 4.79 Å². The monoisotopic (exact) mass is 287 g/mol. The molecule has 19 heavy (non-hydrogen) atoms. The Morgan fingerprint density at radius 3 is 2.79 bits per heavy atom. The summed E-state index contributed by atoms with van der Waals surface area (Å²) in [7, 11) is 0. The van der Waals surface area contributed by atoms with Crippen molar-refractivity contribution >= 4 is 17.7 Å². The third kappa shape index (κ3) is 4.10. The van der Waals surface area contributed by atoms with E-state index in [1.165, 1.54) is 37.4 Å². The summed E-state index contributed by atoms with van der Waals surface area (Å²) in [6.45, 7) is 1.88. The Kier molecular flexibility index (Phi) is 5.54. The van der Waals surface area contributed by atoms with E-state index in [9.17, 15) is 9.90 Å². The van der Waals surface area contributed by atoms with Gasteiger partial charge in [0, 0.05) is 11.8 Å². The second-order valence-corrected chi connectivity index (χ2v) is 7.08. The zero-order chi connectivity index (χ0) is 13.8. The van der Waals surface area contributed by atoms with Crippen molar-refractivity contribution in [2.24, 2.45) is 17.8 Å². The third-order valence-corrected chi connectivity index (χ3v) is 5.66. The van der Waals surface area contributed by atoms with Crippen molar-refractivity contribution in [2.45, 2.75) is 44.8 Å². The molecule has 0 radical (unpaired) electrons. The molecule has 0 aromatic rings. The highest BCUT2D eigenvalue weighted by Crippen LogP contribution is 2.49. The number of aliphatic hydroxyl groups excluding tert-OH is 2. The van der Waals surface area contributed by atoms with E-state index in [-0.39, 0.29) is 18.6 Å². The van der Waals surface area contributed by atoms with Crippen molar-refractivity contribution in [1.29, 1.82) is 0 Å². The van der Waals surface area contributed by atoms with Gasteiger partial charge in [-0.05, 0) is 43.9 Å². The minimum atomic E-state index is -0.721. The van der Waals surface area contributed by atoms with Crippen LogP contribution in [0.2, 0.25) is 0 Å². The summed E-state index contributed by atoms with van der Waals surface area (Å²) >= 11 is 1.37. The molecule has 5 atom stereocenters. The summed E-state index contributed by atoms with van der Waals surface area (Å²) in [5.74, 6) is 3.21. The lowest BCUT2D eigenvalue weighted by Crippen LogP contribution is -2.41. The molecule has 2 fully saturated rings. The number of hydrogen-bond donors (Lipinski definition) is 3. The second kappa shape index (κ2) is 6.95. The highest BCUT2D eigenvalue weighted by molar-refractivity contribution is 7.99. The van der Waals surface area contributed by atoms with Gasteiger partial charge < -0.3 is 15.5 Å². The van der Waals surface area contributed by atoms with Crippen molar-refractivity contribution in [2.75, 3.05) is 18.1 Å². The summed E-state index contributed by atoms with van der Waals surface area (Å²) < 4.78 is 0. The van der Waals surface area contributed by atoms with Crippen LogP contribution in [0.4, 0.5) is 0 Å². The summed E-state index contributed by atoms with van der Waals surface area (Å²) in [6, 6.07) is 0.270. The van der Waals surface area contributed by atoms with E-state index >= 15 is 0 Å². The first kappa shape index (κ1) is 15.1. The van der Waals surface area contributed by atoms with Crippen molar-refractivity contribution < 1.29 is 15.0 Å². The first-order valence-corrected chi connectivity index (χ1v) is 8.41. The number of aliphatic hydroxyl groups is 2. The molecular formula is C14H25NO3S. The van der Waals surface area contributed by atoms with Gasteiger partial charge in [0.1, 0.15) is 0 Å². The molecule has 0 aromatic carbocycles. The first-order chi connectivity index (χ1) is 9.10. The third-order valence-electron chi connectivity index (χ3n) is 4.58. The Bertz CT molecular complexity index is 313. The topological polar surface area (TPSA) is 69.6 Å².